The largest absolute Gasteiger partial charge is 0.369 e. The van der Waals surface area contributed by atoms with E-state index >= 15 is 0 Å². The Balaban J connectivity index is 1.26. The molecule has 0 radical (unpaired) electrons. The summed E-state index contributed by atoms with van der Waals surface area (Å²) in [4.78, 5) is 42.3. The summed E-state index contributed by atoms with van der Waals surface area (Å²) >= 11 is 0. The number of piperazine rings is 2. The standard InChI is InChI=1S/C22H26N6O5/c29-22(26-14-12-25(13-15-26)20-6-1-2-7-21(20)28(32)33)17-23-8-10-24(11-9-23)18-4-3-5-19(16-18)27(30)31/h1-7,16H,8-15,17H2. The molecule has 0 aliphatic carbocycles. The van der Waals surface area contributed by atoms with Crippen LogP contribution in [0.1, 0.15) is 0 Å². The summed E-state index contributed by atoms with van der Waals surface area (Å²) < 4.78 is 0. The predicted molar refractivity (Wildman–Crippen MR) is 124 cm³/mol. The zero-order chi connectivity index (χ0) is 23.4. The number of nitrogens with zero attached hydrogens (tertiary/aromatic N) is 6. The van der Waals surface area contributed by atoms with Crippen LogP contribution in [-0.4, -0.2) is 84.5 Å². The average molecular weight is 454 g/mol. The molecule has 2 aromatic rings. The predicted octanol–water partition coefficient (Wildman–Crippen LogP) is 1.97. The van der Waals surface area contributed by atoms with Crippen molar-refractivity contribution in [3.8, 4) is 0 Å². The SMILES string of the molecule is O=C(CN1CCN(c2cccc([N+](=O)[O-])c2)CC1)N1CCN(c2ccccc2[N+](=O)[O-])CC1. The van der Waals surface area contributed by atoms with E-state index in [2.05, 4.69) is 9.80 Å². The Hall–Kier alpha value is -3.73. The van der Waals surface area contributed by atoms with Crippen LogP contribution in [-0.2, 0) is 4.79 Å². The normalized spacial score (nSPS) is 17.2. The van der Waals surface area contributed by atoms with Crippen molar-refractivity contribution < 1.29 is 14.6 Å². The van der Waals surface area contributed by atoms with Gasteiger partial charge in [0.05, 0.1) is 16.4 Å². The van der Waals surface area contributed by atoms with Gasteiger partial charge in [0.25, 0.3) is 11.4 Å². The maximum Gasteiger partial charge on any atom is 0.292 e. The third-order valence-electron chi connectivity index (χ3n) is 6.19. The van der Waals surface area contributed by atoms with Crippen LogP contribution in [0.25, 0.3) is 0 Å². The molecule has 0 N–H and O–H groups in total. The summed E-state index contributed by atoms with van der Waals surface area (Å²) in [6.45, 7) is 5.27. The van der Waals surface area contributed by atoms with Crippen LogP contribution in [0.4, 0.5) is 22.7 Å². The second kappa shape index (κ2) is 9.82. The smallest absolute Gasteiger partial charge is 0.292 e. The van der Waals surface area contributed by atoms with E-state index in [4.69, 9.17) is 0 Å². The topological polar surface area (TPSA) is 116 Å². The molecule has 2 aromatic carbocycles. The molecule has 2 saturated heterocycles. The van der Waals surface area contributed by atoms with Gasteiger partial charge in [-0.05, 0) is 12.1 Å². The maximum atomic E-state index is 12.8. The van der Waals surface area contributed by atoms with Gasteiger partial charge in [0.15, 0.2) is 0 Å². The molecule has 11 nitrogen and oxygen atoms in total. The minimum absolute atomic E-state index is 0.0565. The summed E-state index contributed by atoms with van der Waals surface area (Å²) in [5.74, 6) is 0.0565. The van der Waals surface area contributed by atoms with Gasteiger partial charge >= 0.3 is 0 Å². The highest BCUT2D eigenvalue weighted by Crippen LogP contribution is 2.28. The van der Waals surface area contributed by atoms with E-state index in [9.17, 15) is 25.0 Å². The quantitative estimate of drug-likeness (QED) is 0.481. The number of nitro groups is 2. The lowest BCUT2D eigenvalue weighted by Crippen LogP contribution is -2.54. The third-order valence-corrected chi connectivity index (χ3v) is 6.19. The van der Waals surface area contributed by atoms with E-state index in [1.807, 2.05) is 15.9 Å². The van der Waals surface area contributed by atoms with Crippen LogP contribution >= 0.6 is 0 Å². The van der Waals surface area contributed by atoms with Crippen LogP contribution < -0.4 is 9.80 Å². The molecule has 0 aromatic heterocycles. The zero-order valence-corrected chi connectivity index (χ0v) is 18.2. The highest BCUT2D eigenvalue weighted by atomic mass is 16.6. The summed E-state index contributed by atoms with van der Waals surface area (Å²) in [6.07, 6.45) is 0. The van der Waals surface area contributed by atoms with Gasteiger partial charge in [-0.15, -0.1) is 0 Å². The van der Waals surface area contributed by atoms with E-state index in [0.29, 0.717) is 64.6 Å². The molecule has 0 bridgehead atoms. The lowest BCUT2D eigenvalue weighted by Gasteiger charge is -2.39. The summed E-state index contributed by atoms with van der Waals surface area (Å²) in [7, 11) is 0. The minimum Gasteiger partial charge on any atom is -0.369 e. The van der Waals surface area contributed by atoms with Crippen molar-refractivity contribution in [2.45, 2.75) is 0 Å². The first kappa shape index (κ1) is 22.5. The molecular weight excluding hydrogens is 428 g/mol. The molecule has 33 heavy (non-hydrogen) atoms. The van der Waals surface area contributed by atoms with Crippen LogP contribution in [0.15, 0.2) is 48.5 Å². The first-order valence-corrected chi connectivity index (χ1v) is 10.9. The second-order valence-electron chi connectivity index (χ2n) is 8.15. The minimum atomic E-state index is -0.395. The average Bonchev–Trinajstić information content (AvgIpc) is 2.84. The van der Waals surface area contributed by atoms with Crippen LogP contribution in [0.3, 0.4) is 0 Å². The number of non-ortho nitro benzene ring substituents is 1. The summed E-state index contributed by atoms with van der Waals surface area (Å²) in [5.41, 5.74) is 1.57. The number of amides is 1. The number of nitro benzene ring substituents is 2. The Bertz CT molecular complexity index is 1030. The first-order chi connectivity index (χ1) is 15.9. The van der Waals surface area contributed by atoms with Crippen molar-refractivity contribution in [1.29, 1.82) is 0 Å². The van der Waals surface area contributed by atoms with Gasteiger partial charge in [-0.3, -0.25) is 29.9 Å². The summed E-state index contributed by atoms with van der Waals surface area (Å²) in [5, 5.41) is 22.3. The van der Waals surface area contributed by atoms with Gasteiger partial charge < -0.3 is 14.7 Å². The Labute approximate surface area is 191 Å². The molecule has 2 aliphatic rings. The number of anilines is 2. The number of carbonyl (C=O) groups excluding carboxylic acids is 1. The van der Waals surface area contributed by atoms with Crippen LogP contribution in [0.2, 0.25) is 0 Å². The van der Waals surface area contributed by atoms with Gasteiger partial charge in [-0.1, -0.05) is 18.2 Å². The Kier molecular flexibility index (Phi) is 6.68. The number of benzene rings is 2. The maximum absolute atomic E-state index is 12.8. The number of rotatable bonds is 6. The number of hydrogen-bond donors (Lipinski definition) is 0. The third kappa shape index (κ3) is 5.20. The molecular formula is C22H26N6O5. The fourth-order valence-electron chi connectivity index (χ4n) is 4.34. The van der Waals surface area contributed by atoms with Crippen molar-refractivity contribution in [2.24, 2.45) is 0 Å². The van der Waals surface area contributed by atoms with E-state index in [1.165, 1.54) is 12.1 Å². The van der Waals surface area contributed by atoms with Crippen molar-refractivity contribution in [1.82, 2.24) is 9.80 Å². The van der Waals surface area contributed by atoms with Crippen molar-refractivity contribution in [2.75, 3.05) is 68.7 Å². The molecule has 4 rings (SSSR count). The molecule has 0 atom stereocenters. The lowest BCUT2D eigenvalue weighted by atomic mass is 10.2. The van der Waals surface area contributed by atoms with Gasteiger partial charge in [-0.2, -0.15) is 0 Å². The van der Waals surface area contributed by atoms with Gasteiger partial charge in [0.1, 0.15) is 5.69 Å². The van der Waals surface area contributed by atoms with E-state index in [0.717, 1.165) is 5.69 Å². The molecule has 0 unspecified atom stereocenters. The number of carbonyl (C=O) groups is 1. The zero-order valence-electron chi connectivity index (χ0n) is 18.2. The van der Waals surface area contributed by atoms with Gasteiger partial charge in [0.2, 0.25) is 5.91 Å². The van der Waals surface area contributed by atoms with E-state index in [-0.39, 0.29) is 22.2 Å². The van der Waals surface area contributed by atoms with Crippen LogP contribution in [0, 0.1) is 20.2 Å². The Morgan fingerprint density at radius 1 is 0.788 bits per heavy atom. The van der Waals surface area contributed by atoms with E-state index in [1.54, 1.807) is 30.3 Å². The molecule has 11 heteroatoms. The van der Waals surface area contributed by atoms with Crippen molar-refractivity contribution in [3.63, 3.8) is 0 Å². The van der Waals surface area contributed by atoms with Crippen LogP contribution in [0.5, 0.6) is 0 Å². The molecule has 2 fully saturated rings. The molecule has 0 spiro atoms. The molecule has 2 aliphatic heterocycles. The molecule has 1 amide bonds. The van der Waals surface area contributed by atoms with Crippen molar-refractivity contribution >= 4 is 28.7 Å². The fourth-order valence-corrected chi connectivity index (χ4v) is 4.34. The first-order valence-electron chi connectivity index (χ1n) is 10.9. The Morgan fingerprint density at radius 2 is 1.45 bits per heavy atom. The lowest BCUT2D eigenvalue weighted by molar-refractivity contribution is -0.384. The Morgan fingerprint density at radius 3 is 2.12 bits per heavy atom. The summed E-state index contributed by atoms with van der Waals surface area (Å²) in [6, 6.07) is 13.3. The van der Waals surface area contributed by atoms with Gasteiger partial charge in [-0.25, -0.2) is 0 Å². The number of hydrogen-bond acceptors (Lipinski definition) is 8. The van der Waals surface area contributed by atoms with Gasteiger partial charge in [0, 0.05) is 76.2 Å². The highest BCUT2D eigenvalue weighted by Gasteiger charge is 2.27. The molecule has 0 saturated carbocycles. The van der Waals surface area contributed by atoms with E-state index < -0.39 is 4.92 Å². The molecule has 174 valence electrons. The molecule has 2 heterocycles. The fraction of sp³-hybridized carbons (Fsp3) is 0.409. The second-order valence-corrected chi connectivity index (χ2v) is 8.15. The monoisotopic (exact) mass is 454 g/mol. The van der Waals surface area contributed by atoms with Crippen molar-refractivity contribution in [3.05, 3.63) is 68.8 Å². The number of para-hydroxylation sites is 2. The highest BCUT2D eigenvalue weighted by molar-refractivity contribution is 5.79.